The molecule has 4 heteroatoms. The average Bonchev–Trinajstić information content (AvgIpc) is 2.27. The van der Waals surface area contributed by atoms with Gasteiger partial charge in [0.25, 0.3) is 0 Å². The number of hydrogen-bond donors (Lipinski definition) is 0. The summed E-state index contributed by atoms with van der Waals surface area (Å²) in [6.45, 7) is 2.43. The van der Waals surface area contributed by atoms with Crippen molar-refractivity contribution >= 4 is 21.9 Å². The molecule has 0 spiro atoms. The maximum atomic E-state index is 11.4. The van der Waals surface area contributed by atoms with Crippen molar-refractivity contribution in [1.29, 1.82) is 0 Å². The van der Waals surface area contributed by atoms with Crippen LogP contribution in [0.1, 0.15) is 15.9 Å². The SMILES string of the molecule is COC(=O)c1cc(OCCBr)ccc1C. The number of carbonyl (C=O) groups is 1. The molecule has 0 fully saturated rings. The highest BCUT2D eigenvalue weighted by molar-refractivity contribution is 9.09. The number of rotatable bonds is 4. The van der Waals surface area contributed by atoms with Gasteiger partial charge in [-0.1, -0.05) is 22.0 Å². The molecule has 0 saturated carbocycles. The number of carbonyl (C=O) groups excluding carboxylic acids is 1. The van der Waals surface area contributed by atoms with Crippen LogP contribution in [-0.2, 0) is 4.74 Å². The highest BCUT2D eigenvalue weighted by atomic mass is 79.9. The largest absolute Gasteiger partial charge is 0.493 e. The van der Waals surface area contributed by atoms with Gasteiger partial charge >= 0.3 is 5.97 Å². The zero-order valence-electron chi connectivity index (χ0n) is 8.75. The number of esters is 1. The first-order valence-electron chi connectivity index (χ1n) is 4.56. The van der Waals surface area contributed by atoms with Gasteiger partial charge in [0.1, 0.15) is 5.75 Å². The Morgan fingerprint density at radius 1 is 1.47 bits per heavy atom. The van der Waals surface area contributed by atoms with E-state index in [4.69, 9.17) is 4.74 Å². The Labute approximate surface area is 97.5 Å². The molecule has 1 aromatic carbocycles. The van der Waals surface area contributed by atoms with E-state index in [1.807, 2.05) is 19.1 Å². The first-order chi connectivity index (χ1) is 7.19. The molecule has 15 heavy (non-hydrogen) atoms. The topological polar surface area (TPSA) is 35.5 Å². The van der Waals surface area contributed by atoms with Crippen LogP contribution in [0.15, 0.2) is 18.2 Å². The summed E-state index contributed by atoms with van der Waals surface area (Å²) in [5, 5.41) is 0.758. The fraction of sp³-hybridized carbons (Fsp3) is 0.364. The Hall–Kier alpha value is -1.03. The summed E-state index contributed by atoms with van der Waals surface area (Å²) < 4.78 is 10.1. The van der Waals surface area contributed by atoms with E-state index in [1.165, 1.54) is 7.11 Å². The molecule has 1 aromatic rings. The molecule has 0 bridgehead atoms. The average molecular weight is 273 g/mol. The van der Waals surface area contributed by atoms with Crippen molar-refractivity contribution in [3.05, 3.63) is 29.3 Å². The second-order valence-electron chi connectivity index (χ2n) is 3.01. The number of halogens is 1. The van der Waals surface area contributed by atoms with Crippen molar-refractivity contribution < 1.29 is 14.3 Å². The van der Waals surface area contributed by atoms with Gasteiger partial charge in [-0.25, -0.2) is 4.79 Å². The van der Waals surface area contributed by atoms with Gasteiger partial charge in [-0.3, -0.25) is 0 Å². The van der Waals surface area contributed by atoms with E-state index >= 15 is 0 Å². The van der Waals surface area contributed by atoms with E-state index in [-0.39, 0.29) is 5.97 Å². The van der Waals surface area contributed by atoms with Gasteiger partial charge in [0, 0.05) is 5.33 Å². The fourth-order valence-corrected chi connectivity index (χ4v) is 1.34. The fourth-order valence-electron chi connectivity index (χ4n) is 1.18. The van der Waals surface area contributed by atoms with Gasteiger partial charge in [0.2, 0.25) is 0 Å². The predicted octanol–water partition coefficient (Wildman–Crippen LogP) is 2.56. The first kappa shape index (κ1) is 12.0. The van der Waals surface area contributed by atoms with Gasteiger partial charge in [0.05, 0.1) is 19.3 Å². The molecule has 0 saturated heterocycles. The van der Waals surface area contributed by atoms with E-state index in [0.717, 1.165) is 10.9 Å². The quantitative estimate of drug-likeness (QED) is 0.624. The van der Waals surface area contributed by atoms with Crippen LogP contribution in [-0.4, -0.2) is 25.0 Å². The van der Waals surface area contributed by atoms with E-state index in [2.05, 4.69) is 20.7 Å². The summed E-state index contributed by atoms with van der Waals surface area (Å²) in [6.07, 6.45) is 0. The highest BCUT2D eigenvalue weighted by Gasteiger charge is 2.10. The van der Waals surface area contributed by atoms with Crippen LogP contribution in [0.2, 0.25) is 0 Å². The lowest BCUT2D eigenvalue weighted by molar-refractivity contribution is 0.0599. The zero-order chi connectivity index (χ0) is 11.3. The van der Waals surface area contributed by atoms with Crippen LogP contribution in [0.5, 0.6) is 5.75 Å². The summed E-state index contributed by atoms with van der Waals surface area (Å²) in [6, 6.07) is 5.38. The lowest BCUT2D eigenvalue weighted by atomic mass is 10.1. The molecule has 0 radical (unpaired) electrons. The van der Waals surface area contributed by atoms with Crippen molar-refractivity contribution in [3.63, 3.8) is 0 Å². The summed E-state index contributed by atoms with van der Waals surface area (Å²) in [5.41, 5.74) is 1.43. The summed E-state index contributed by atoms with van der Waals surface area (Å²) in [5.74, 6) is 0.345. The normalized spacial score (nSPS) is 9.80. The molecule has 1 rings (SSSR count). The lowest BCUT2D eigenvalue weighted by Gasteiger charge is -2.08. The Kier molecular flexibility index (Phi) is 4.62. The van der Waals surface area contributed by atoms with E-state index < -0.39 is 0 Å². The number of hydrogen-bond acceptors (Lipinski definition) is 3. The van der Waals surface area contributed by atoms with Crippen molar-refractivity contribution in [1.82, 2.24) is 0 Å². The second kappa shape index (κ2) is 5.75. The third-order valence-corrected chi connectivity index (χ3v) is 2.28. The Bertz CT molecular complexity index is 350. The van der Waals surface area contributed by atoms with E-state index in [1.54, 1.807) is 6.07 Å². The molecule has 0 heterocycles. The Morgan fingerprint density at radius 2 is 2.20 bits per heavy atom. The molecule has 0 amide bonds. The molecule has 3 nitrogen and oxygen atoms in total. The lowest BCUT2D eigenvalue weighted by Crippen LogP contribution is -2.05. The van der Waals surface area contributed by atoms with Crippen LogP contribution < -0.4 is 4.74 Å². The molecule has 0 aliphatic carbocycles. The van der Waals surface area contributed by atoms with Crippen LogP contribution >= 0.6 is 15.9 Å². The van der Waals surface area contributed by atoms with Gasteiger partial charge in [0.15, 0.2) is 0 Å². The minimum Gasteiger partial charge on any atom is -0.493 e. The van der Waals surface area contributed by atoms with Crippen LogP contribution in [0.3, 0.4) is 0 Å². The number of alkyl halides is 1. The van der Waals surface area contributed by atoms with E-state index in [0.29, 0.717) is 17.9 Å². The van der Waals surface area contributed by atoms with Gasteiger partial charge in [-0.15, -0.1) is 0 Å². The van der Waals surface area contributed by atoms with Gasteiger partial charge in [-0.2, -0.15) is 0 Å². The van der Waals surface area contributed by atoms with Crippen molar-refractivity contribution in [2.24, 2.45) is 0 Å². The molecular weight excluding hydrogens is 260 g/mol. The zero-order valence-corrected chi connectivity index (χ0v) is 10.3. The molecule has 0 aliphatic heterocycles. The standard InChI is InChI=1S/C11H13BrO3/c1-8-3-4-9(15-6-5-12)7-10(8)11(13)14-2/h3-4,7H,5-6H2,1-2H3. The molecule has 0 atom stereocenters. The first-order valence-corrected chi connectivity index (χ1v) is 5.69. The third-order valence-electron chi connectivity index (χ3n) is 1.96. The maximum absolute atomic E-state index is 11.4. The highest BCUT2D eigenvalue weighted by Crippen LogP contribution is 2.18. The third kappa shape index (κ3) is 3.23. The summed E-state index contributed by atoms with van der Waals surface area (Å²) in [7, 11) is 1.37. The number of ether oxygens (including phenoxy) is 2. The molecule has 82 valence electrons. The van der Waals surface area contributed by atoms with Crippen LogP contribution in [0.25, 0.3) is 0 Å². The Morgan fingerprint density at radius 3 is 2.80 bits per heavy atom. The van der Waals surface area contributed by atoms with Crippen LogP contribution in [0, 0.1) is 6.92 Å². The summed E-state index contributed by atoms with van der Waals surface area (Å²) in [4.78, 5) is 11.4. The predicted molar refractivity (Wildman–Crippen MR) is 61.8 cm³/mol. The smallest absolute Gasteiger partial charge is 0.338 e. The molecule has 0 aliphatic rings. The molecule has 0 unspecified atom stereocenters. The van der Waals surface area contributed by atoms with Gasteiger partial charge < -0.3 is 9.47 Å². The minimum atomic E-state index is -0.336. The van der Waals surface area contributed by atoms with Crippen molar-refractivity contribution in [2.75, 3.05) is 19.0 Å². The molecular formula is C11H13BrO3. The second-order valence-corrected chi connectivity index (χ2v) is 3.80. The Balaban J connectivity index is 2.89. The molecule has 0 aromatic heterocycles. The monoisotopic (exact) mass is 272 g/mol. The van der Waals surface area contributed by atoms with E-state index in [9.17, 15) is 4.79 Å². The number of aryl methyl sites for hydroxylation is 1. The number of benzene rings is 1. The van der Waals surface area contributed by atoms with Crippen molar-refractivity contribution in [2.45, 2.75) is 6.92 Å². The summed E-state index contributed by atoms with van der Waals surface area (Å²) >= 11 is 3.27. The minimum absolute atomic E-state index is 0.336. The number of methoxy groups -OCH3 is 1. The van der Waals surface area contributed by atoms with Crippen molar-refractivity contribution in [3.8, 4) is 5.75 Å². The maximum Gasteiger partial charge on any atom is 0.338 e. The van der Waals surface area contributed by atoms with Crippen LogP contribution in [0.4, 0.5) is 0 Å². The van der Waals surface area contributed by atoms with Gasteiger partial charge in [-0.05, 0) is 24.6 Å². The molecule has 0 N–H and O–H groups in total.